The second kappa shape index (κ2) is 10.8. The van der Waals surface area contributed by atoms with Crippen molar-refractivity contribution in [2.24, 2.45) is 10.7 Å². The Kier molecular flexibility index (Phi) is 8.13. The number of likely N-dealkylation sites (N-methyl/N-ethyl adjacent to an activating group) is 1. The summed E-state index contributed by atoms with van der Waals surface area (Å²) in [6, 6.07) is 14.5. The van der Waals surface area contributed by atoms with E-state index in [1.807, 2.05) is 6.07 Å². The molecular formula is C25H20ClF3N4O5S. The Balaban J connectivity index is 0.00000420. The summed E-state index contributed by atoms with van der Waals surface area (Å²) in [4.78, 5) is 19.0. The lowest BCUT2D eigenvalue weighted by atomic mass is 9.81. The summed E-state index contributed by atoms with van der Waals surface area (Å²) in [7, 11) is -2.56. The molecule has 0 fully saturated rings. The number of nitrogens with zero attached hydrogens (tertiary/aromatic N) is 3. The van der Waals surface area contributed by atoms with Crippen LogP contribution in [0.15, 0.2) is 65.7 Å². The van der Waals surface area contributed by atoms with Crippen LogP contribution < -0.4 is 14.7 Å². The topological polar surface area (TPSA) is 135 Å². The summed E-state index contributed by atoms with van der Waals surface area (Å²) in [5, 5.41) is 9.40. The number of amides is 1. The molecule has 204 valence electrons. The maximum Gasteiger partial charge on any atom is 0.387 e. The number of alkyl halides is 2. The third kappa shape index (κ3) is 5.76. The van der Waals surface area contributed by atoms with Crippen molar-refractivity contribution in [1.29, 1.82) is 5.26 Å². The van der Waals surface area contributed by atoms with Gasteiger partial charge in [0.15, 0.2) is 11.5 Å². The summed E-state index contributed by atoms with van der Waals surface area (Å²) in [6.45, 7) is -3.05. The quantitative estimate of drug-likeness (QED) is 0.420. The van der Waals surface area contributed by atoms with E-state index in [-0.39, 0.29) is 57.7 Å². The summed E-state index contributed by atoms with van der Waals surface area (Å²) in [5.74, 6) is -1.84. The molecule has 0 spiro atoms. The molecule has 3 aromatic carbocycles. The van der Waals surface area contributed by atoms with Crippen LogP contribution in [0.5, 0.6) is 11.5 Å². The predicted molar refractivity (Wildman–Crippen MR) is 138 cm³/mol. The van der Waals surface area contributed by atoms with E-state index in [2.05, 4.69) is 9.73 Å². The first-order valence-electron chi connectivity index (χ1n) is 10.8. The van der Waals surface area contributed by atoms with E-state index in [1.165, 1.54) is 61.6 Å². The van der Waals surface area contributed by atoms with Gasteiger partial charge < -0.3 is 14.7 Å². The van der Waals surface area contributed by atoms with Gasteiger partial charge in [0.2, 0.25) is 0 Å². The van der Waals surface area contributed by atoms with Crippen molar-refractivity contribution < 1.29 is 35.3 Å². The van der Waals surface area contributed by atoms with Gasteiger partial charge in [-0.2, -0.15) is 22.5 Å². The van der Waals surface area contributed by atoms with Crippen LogP contribution in [0.2, 0.25) is 0 Å². The van der Waals surface area contributed by atoms with Gasteiger partial charge in [-0.3, -0.25) is 9.69 Å². The molecule has 0 radical (unpaired) electrons. The van der Waals surface area contributed by atoms with Gasteiger partial charge in [-0.1, -0.05) is 18.2 Å². The molecule has 39 heavy (non-hydrogen) atoms. The first-order chi connectivity index (χ1) is 17.8. The van der Waals surface area contributed by atoms with E-state index in [1.54, 1.807) is 0 Å². The van der Waals surface area contributed by atoms with E-state index in [9.17, 15) is 27.3 Å². The molecule has 9 nitrogen and oxygen atoms in total. The smallest absolute Gasteiger partial charge is 0.387 e. The van der Waals surface area contributed by atoms with Crippen molar-refractivity contribution in [1.82, 2.24) is 4.90 Å². The predicted octanol–water partition coefficient (Wildman–Crippen LogP) is 3.76. The van der Waals surface area contributed by atoms with E-state index >= 15 is 4.39 Å². The number of aliphatic imine (C=N–C) groups is 1. The van der Waals surface area contributed by atoms with Crippen LogP contribution >= 0.6 is 12.4 Å². The van der Waals surface area contributed by atoms with E-state index in [4.69, 9.17) is 9.92 Å². The Bertz CT molecular complexity index is 1610. The van der Waals surface area contributed by atoms with Crippen LogP contribution in [-0.2, 0) is 20.5 Å². The molecule has 1 aliphatic rings. The molecule has 4 rings (SSSR count). The van der Waals surface area contributed by atoms with Gasteiger partial charge in [-0.25, -0.2) is 9.38 Å². The molecular weight excluding hydrogens is 561 g/mol. The first kappa shape index (κ1) is 29.3. The molecule has 2 N–H and O–H groups in total. The van der Waals surface area contributed by atoms with Gasteiger partial charge >= 0.3 is 16.7 Å². The second-order valence-corrected chi connectivity index (χ2v) is 9.86. The minimum absolute atomic E-state index is 0. The number of carbonyl (C=O) groups is 1. The number of halogens is 4. The lowest BCUT2D eigenvalue weighted by Crippen LogP contribution is -2.41. The monoisotopic (exact) mass is 580 g/mol. The summed E-state index contributed by atoms with van der Waals surface area (Å²) >= 11 is 0. The maximum absolute atomic E-state index is 15.1. The minimum atomic E-state index is -3.95. The average molecular weight is 581 g/mol. The van der Waals surface area contributed by atoms with Crippen LogP contribution in [0.3, 0.4) is 0 Å². The van der Waals surface area contributed by atoms with Crippen molar-refractivity contribution in [2.75, 3.05) is 13.3 Å². The normalized spacial score (nSPS) is 16.9. The lowest BCUT2D eigenvalue weighted by Gasteiger charge is -2.27. The number of benzene rings is 3. The number of guanidine groups is 1. The number of carbonyl (C=O) groups excluding carboxylic acids is 1. The van der Waals surface area contributed by atoms with Gasteiger partial charge in [0.1, 0.15) is 17.3 Å². The summed E-state index contributed by atoms with van der Waals surface area (Å²) in [5.41, 5.74) is 4.56. The highest BCUT2D eigenvalue weighted by Crippen LogP contribution is 2.42. The zero-order valence-electron chi connectivity index (χ0n) is 20.3. The van der Waals surface area contributed by atoms with Gasteiger partial charge in [-0.05, 0) is 59.2 Å². The minimum Gasteiger partial charge on any atom is -0.435 e. The highest BCUT2D eigenvalue weighted by atomic mass is 35.5. The fraction of sp³-hybridized carbons (Fsp3) is 0.160. The largest absolute Gasteiger partial charge is 0.435 e. The van der Waals surface area contributed by atoms with E-state index < -0.39 is 34.0 Å². The van der Waals surface area contributed by atoms with Gasteiger partial charge in [0.25, 0.3) is 5.91 Å². The van der Waals surface area contributed by atoms with Crippen molar-refractivity contribution in [3.05, 3.63) is 83.2 Å². The molecule has 1 amide bonds. The number of hydrogen-bond donors (Lipinski definition) is 1. The lowest BCUT2D eigenvalue weighted by molar-refractivity contribution is -0.129. The molecule has 1 aliphatic heterocycles. The van der Waals surface area contributed by atoms with Crippen LogP contribution in [-0.4, -0.2) is 45.1 Å². The molecule has 0 aliphatic carbocycles. The number of nitrogens with two attached hydrogens (primary N) is 1. The molecule has 1 atom stereocenters. The van der Waals surface area contributed by atoms with Gasteiger partial charge in [-0.15, -0.1) is 12.4 Å². The number of rotatable bonds is 7. The van der Waals surface area contributed by atoms with E-state index in [0.717, 1.165) is 17.2 Å². The Morgan fingerprint density at radius 3 is 2.23 bits per heavy atom. The third-order valence-electron chi connectivity index (χ3n) is 5.72. The molecule has 0 aromatic heterocycles. The fourth-order valence-electron chi connectivity index (χ4n) is 4.08. The molecule has 1 unspecified atom stereocenters. The Morgan fingerprint density at radius 2 is 1.69 bits per heavy atom. The average Bonchev–Trinajstić information content (AvgIpc) is 3.07. The Hall–Kier alpha value is -4.28. The zero-order valence-corrected chi connectivity index (χ0v) is 21.9. The van der Waals surface area contributed by atoms with E-state index in [0.29, 0.717) is 0 Å². The number of ether oxygens (including phenoxy) is 1. The van der Waals surface area contributed by atoms with Crippen LogP contribution in [0, 0.1) is 17.1 Å². The fourth-order valence-corrected chi connectivity index (χ4v) is 4.52. The van der Waals surface area contributed by atoms with Crippen molar-refractivity contribution in [3.63, 3.8) is 0 Å². The van der Waals surface area contributed by atoms with Gasteiger partial charge in [0, 0.05) is 12.6 Å². The molecule has 1 heterocycles. The standard InChI is InChI=1S/C25H19F3N4O5S.ClH/c1-32-22(33)25(31-24(32)30,16-3-6-18(7-4-16)36-23(27)28)17-5-8-21(26)20(12-17)15-9-14(13-29)10-19(11-15)37-38(2,34)35;/h3-12,23H,1-2H3,(H2,30,31);1H. The van der Waals surface area contributed by atoms with Crippen molar-refractivity contribution in [2.45, 2.75) is 12.2 Å². The van der Waals surface area contributed by atoms with Gasteiger partial charge in [0.05, 0.1) is 17.9 Å². The molecule has 0 saturated carbocycles. The SMILES string of the molecule is CN1C(=O)C(c2ccc(OC(F)F)cc2)(c2ccc(F)c(-c3cc(C#N)cc(OS(C)(=O)=O)c3)c2)N=C1N.Cl. The van der Waals surface area contributed by atoms with Crippen molar-refractivity contribution >= 4 is 34.4 Å². The van der Waals surface area contributed by atoms with Crippen molar-refractivity contribution in [3.8, 4) is 28.7 Å². The molecule has 14 heteroatoms. The summed E-state index contributed by atoms with van der Waals surface area (Å²) < 4.78 is 72.9. The van der Waals surface area contributed by atoms with Crippen LogP contribution in [0.25, 0.3) is 11.1 Å². The molecule has 0 bridgehead atoms. The summed E-state index contributed by atoms with van der Waals surface area (Å²) in [6.07, 6.45) is 0.818. The third-order valence-corrected chi connectivity index (χ3v) is 6.21. The van der Waals surface area contributed by atoms with Crippen LogP contribution in [0.4, 0.5) is 13.2 Å². The molecule has 3 aromatic rings. The maximum atomic E-state index is 15.1. The first-order valence-corrected chi connectivity index (χ1v) is 12.6. The Labute approximate surface area is 227 Å². The van der Waals surface area contributed by atoms with Crippen LogP contribution in [0.1, 0.15) is 16.7 Å². The highest BCUT2D eigenvalue weighted by molar-refractivity contribution is 7.86. The number of hydrogen-bond acceptors (Lipinski definition) is 8. The zero-order chi connectivity index (χ0) is 27.8. The Morgan fingerprint density at radius 1 is 1.05 bits per heavy atom. The number of nitriles is 1. The highest BCUT2D eigenvalue weighted by Gasteiger charge is 2.49. The molecule has 0 saturated heterocycles. The second-order valence-electron chi connectivity index (χ2n) is 8.29.